The van der Waals surface area contributed by atoms with Gasteiger partial charge in [-0.15, -0.1) is 5.10 Å². The number of aromatic nitrogens is 3. The molecular formula is C10H16N4OS. The van der Waals surface area contributed by atoms with Crippen LogP contribution in [-0.4, -0.2) is 33.1 Å². The second-order valence-corrected chi connectivity index (χ2v) is 5.75. The van der Waals surface area contributed by atoms with E-state index in [1.54, 1.807) is 11.8 Å². The first-order valence-electron chi connectivity index (χ1n) is 5.89. The minimum absolute atomic E-state index is 0.0427. The molecule has 0 atom stereocenters. The summed E-state index contributed by atoms with van der Waals surface area (Å²) in [7, 11) is 0. The van der Waals surface area contributed by atoms with Crippen molar-refractivity contribution in [2.45, 2.75) is 42.1 Å². The van der Waals surface area contributed by atoms with Crippen molar-refractivity contribution in [3.05, 3.63) is 10.5 Å². The van der Waals surface area contributed by atoms with Gasteiger partial charge in [-0.25, -0.2) is 9.89 Å². The van der Waals surface area contributed by atoms with Gasteiger partial charge < -0.3 is 5.32 Å². The molecule has 0 unspecified atom stereocenters. The average molecular weight is 240 g/mol. The molecular weight excluding hydrogens is 224 g/mol. The molecule has 88 valence electrons. The van der Waals surface area contributed by atoms with E-state index in [-0.39, 0.29) is 5.69 Å². The summed E-state index contributed by atoms with van der Waals surface area (Å²) >= 11 is 1.76. The number of hydrogen-bond acceptors (Lipinski definition) is 4. The van der Waals surface area contributed by atoms with Gasteiger partial charge in [0.1, 0.15) is 0 Å². The van der Waals surface area contributed by atoms with Crippen molar-refractivity contribution in [1.29, 1.82) is 0 Å². The van der Waals surface area contributed by atoms with Gasteiger partial charge in [0, 0.05) is 11.3 Å². The maximum atomic E-state index is 11.6. The number of piperidine rings is 1. The first-order valence-corrected chi connectivity index (χ1v) is 6.77. The van der Waals surface area contributed by atoms with Crippen LogP contribution in [0.2, 0.25) is 0 Å². The largest absolute Gasteiger partial charge is 0.344 e. The van der Waals surface area contributed by atoms with Gasteiger partial charge in [-0.1, -0.05) is 11.8 Å². The summed E-state index contributed by atoms with van der Waals surface area (Å²) in [5, 5.41) is 11.5. The third-order valence-corrected chi connectivity index (χ3v) is 4.45. The number of hydrogen-bond donors (Lipinski definition) is 2. The zero-order chi connectivity index (χ0) is 11.0. The lowest BCUT2D eigenvalue weighted by Crippen LogP contribution is -2.29. The lowest BCUT2D eigenvalue weighted by atomic mass is 10.2. The van der Waals surface area contributed by atoms with Crippen LogP contribution >= 0.6 is 11.8 Å². The van der Waals surface area contributed by atoms with E-state index in [0.29, 0.717) is 11.3 Å². The second kappa shape index (κ2) is 4.25. The van der Waals surface area contributed by atoms with E-state index in [2.05, 4.69) is 15.5 Å². The fraction of sp³-hybridized carbons (Fsp3) is 0.800. The van der Waals surface area contributed by atoms with E-state index in [0.717, 1.165) is 43.9 Å². The standard InChI is InChI=1S/C10H16N4OS/c15-9-12-13-10(14(9)7-1-2-7)16-8-3-5-11-6-4-8/h7-8,11H,1-6H2,(H,12,15). The predicted molar refractivity (Wildman–Crippen MR) is 62.9 cm³/mol. The fourth-order valence-corrected chi connectivity index (χ4v) is 3.30. The molecule has 0 aromatic carbocycles. The van der Waals surface area contributed by atoms with E-state index in [9.17, 15) is 4.79 Å². The molecule has 6 heteroatoms. The molecule has 2 N–H and O–H groups in total. The molecule has 2 aliphatic rings. The van der Waals surface area contributed by atoms with Crippen molar-refractivity contribution in [2.75, 3.05) is 13.1 Å². The molecule has 16 heavy (non-hydrogen) atoms. The summed E-state index contributed by atoms with van der Waals surface area (Å²) in [4.78, 5) is 11.6. The van der Waals surface area contributed by atoms with Crippen LogP contribution in [-0.2, 0) is 0 Å². The molecule has 5 nitrogen and oxygen atoms in total. The lowest BCUT2D eigenvalue weighted by Gasteiger charge is -2.21. The molecule has 0 bridgehead atoms. The van der Waals surface area contributed by atoms with Crippen molar-refractivity contribution in [3.8, 4) is 0 Å². The molecule has 1 saturated heterocycles. The Balaban J connectivity index is 1.75. The molecule has 0 amide bonds. The Morgan fingerprint density at radius 1 is 1.25 bits per heavy atom. The normalized spacial score (nSPS) is 22.5. The number of nitrogens with one attached hydrogen (secondary N) is 2. The first-order chi connectivity index (χ1) is 7.84. The Morgan fingerprint density at radius 3 is 2.69 bits per heavy atom. The van der Waals surface area contributed by atoms with E-state index in [4.69, 9.17) is 0 Å². The van der Waals surface area contributed by atoms with Crippen LogP contribution in [0.1, 0.15) is 31.7 Å². The Bertz CT molecular complexity index is 417. The molecule has 1 aliphatic carbocycles. The summed E-state index contributed by atoms with van der Waals surface area (Å²) in [6.45, 7) is 2.16. The number of aromatic amines is 1. The van der Waals surface area contributed by atoms with Gasteiger partial charge in [0.05, 0.1) is 0 Å². The molecule has 3 rings (SSSR count). The minimum Gasteiger partial charge on any atom is -0.317 e. The Labute approximate surface area is 98.0 Å². The maximum absolute atomic E-state index is 11.6. The minimum atomic E-state index is -0.0427. The molecule has 0 spiro atoms. The third-order valence-electron chi connectivity index (χ3n) is 3.14. The van der Waals surface area contributed by atoms with Gasteiger partial charge in [-0.05, 0) is 38.8 Å². The lowest BCUT2D eigenvalue weighted by molar-refractivity contribution is 0.529. The molecule has 2 heterocycles. The van der Waals surface area contributed by atoms with Crippen molar-refractivity contribution in [2.24, 2.45) is 0 Å². The second-order valence-electron chi connectivity index (χ2n) is 4.48. The van der Waals surface area contributed by atoms with Crippen LogP contribution in [0.5, 0.6) is 0 Å². The number of rotatable bonds is 3. The maximum Gasteiger partial charge on any atom is 0.344 e. The van der Waals surface area contributed by atoms with Gasteiger partial charge >= 0.3 is 5.69 Å². The SMILES string of the molecule is O=c1[nH]nc(SC2CCNCC2)n1C1CC1. The van der Waals surface area contributed by atoms with Gasteiger partial charge in [-0.3, -0.25) is 4.57 Å². The van der Waals surface area contributed by atoms with Crippen molar-refractivity contribution in [1.82, 2.24) is 20.1 Å². The highest BCUT2D eigenvalue weighted by Crippen LogP contribution is 2.37. The Hall–Kier alpha value is -0.750. The fourth-order valence-electron chi connectivity index (χ4n) is 2.09. The van der Waals surface area contributed by atoms with Crippen LogP contribution in [0.3, 0.4) is 0 Å². The summed E-state index contributed by atoms with van der Waals surface area (Å²) in [5.74, 6) is 0. The Kier molecular flexibility index (Phi) is 2.77. The summed E-state index contributed by atoms with van der Waals surface area (Å²) < 4.78 is 1.84. The monoisotopic (exact) mass is 240 g/mol. The van der Waals surface area contributed by atoms with Crippen LogP contribution in [0.25, 0.3) is 0 Å². The van der Waals surface area contributed by atoms with Crippen LogP contribution in [0, 0.1) is 0 Å². The van der Waals surface area contributed by atoms with Crippen molar-refractivity contribution in [3.63, 3.8) is 0 Å². The highest BCUT2D eigenvalue weighted by molar-refractivity contribution is 7.99. The van der Waals surface area contributed by atoms with Crippen molar-refractivity contribution >= 4 is 11.8 Å². The van der Waals surface area contributed by atoms with Crippen LogP contribution in [0.4, 0.5) is 0 Å². The van der Waals surface area contributed by atoms with E-state index in [1.807, 2.05) is 4.57 Å². The van der Waals surface area contributed by atoms with Crippen LogP contribution < -0.4 is 11.0 Å². The quantitative estimate of drug-likeness (QED) is 0.818. The van der Waals surface area contributed by atoms with E-state index < -0.39 is 0 Å². The molecule has 1 aromatic heterocycles. The molecule has 1 saturated carbocycles. The van der Waals surface area contributed by atoms with Gasteiger partial charge in [0.25, 0.3) is 0 Å². The third kappa shape index (κ3) is 2.04. The zero-order valence-electron chi connectivity index (χ0n) is 9.11. The Morgan fingerprint density at radius 2 is 2.00 bits per heavy atom. The van der Waals surface area contributed by atoms with Gasteiger partial charge in [0.2, 0.25) is 0 Å². The van der Waals surface area contributed by atoms with Gasteiger partial charge in [-0.2, -0.15) is 0 Å². The topological polar surface area (TPSA) is 62.7 Å². The van der Waals surface area contributed by atoms with E-state index in [1.165, 1.54) is 0 Å². The van der Waals surface area contributed by atoms with Crippen LogP contribution in [0.15, 0.2) is 9.95 Å². The molecule has 1 aromatic rings. The number of thioether (sulfide) groups is 1. The smallest absolute Gasteiger partial charge is 0.317 e. The van der Waals surface area contributed by atoms with Gasteiger partial charge in [0.15, 0.2) is 5.16 Å². The summed E-state index contributed by atoms with van der Waals surface area (Å²) in [6, 6.07) is 0.412. The highest BCUT2D eigenvalue weighted by Gasteiger charge is 2.29. The first kappa shape index (κ1) is 10.4. The van der Waals surface area contributed by atoms with Crippen molar-refractivity contribution < 1.29 is 0 Å². The average Bonchev–Trinajstić information content (AvgIpc) is 3.07. The molecule has 2 fully saturated rings. The molecule has 0 radical (unpaired) electrons. The number of H-pyrrole nitrogens is 1. The summed E-state index contributed by atoms with van der Waals surface area (Å²) in [6.07, 6.45) is 4.57. The highest BCUT2D eigenvalue weighted by atomic mass is 32.2. The number of nitrogens with zero attached hydrogens (tertiary/aromatic N) is 2. The zero-order valence-corrected chi connectivity index (χ0v) is 9.92. The van der Waals surface area contributed by atoms with E-state index >= 15 is 0 Å². The predicted octanol–water partition coefficient (Wildman–Crippen LogP) is 0.750. The molecule has 1 aliphatic heterocycles. The summed E-state index contributed by atoms with van der Waals surface area (Å²) in [5.41, 5.74) is -0.0427.